The minimum absolute atomic E-state index is 0. The molecule has 0 amide bonds. The molecule has 0 saturated heterocycles. The van der Waals surface area contributed by atoms with Crippen molar-refractivity contribution >= 4 is 154 Å². The summed E-state index contributed by atoms with van der Waals surface area (Å²) < 4.78 is 47.1. The molecule has 0 aliphatic rings. The maximum absolute atomic E-state index is 13.4. The van der Waals surface area contributed by atoms with E-state index in [4.69, 9.17) is 37.7 Å². The van der Waals surface area contributed by atoms with Crippen LogP contribution in [0.3, 0.4) is 0 Å². The summed E-state index contributed by atoms with van der Waals surface area (Å²) in [5, 5.41) is 12.8. The van der Waals surface area contributed by atoms with Gasteiger partial charge in [-0.2, -0.15) is 0 Å². The molecule has 0 aliphatic heterocycles. The van der Waals surface area contributed by atoms with E-state index in [1.807, 2.05) is 116 Å². The van der Waals surface area contributed by atoms with Gasteiger partial charge in [0.05, 0.1) is 36.4 Å². The number of halogens is 1. The number of thiophene rings is 4. The number of oxazole rings is 2. The summed E-state index contributed by atoms with van der Waals surface area (Å²) in [6, 6.07) is 40.0. The number of rotatable bonds is 30. The number of aliphatic carboxylic acids is 1. The van der Waals surface area contributed by atoms with Crippen molar-refractivity contribution in [3.05, 3.63) is 289 Å². The number of unbranched alkanes of at least 4 members (excludes halogenated alkanes) is 3. The molecule has 14 aromatic rings. The molecule has 0 bridgehead atoms. The molecular weight excluding hydrogens is 2070 g/mol. The Labute approximate surface area is 863 Å². The number of carboxylic acids is 1. The van der Waals surface area contributed by atoms with Crippen LogP contribution in [0.15, 0.2) is 208 Å². The average molecular weight is 2210 g/mol. The second-order valence-electron chi connectivity index (χ2n) is 38.0. The molecule has 0 aliphatic carbocycles. The Morgan fingerprint density at radius 2 is 0.748 bits per heavy atom. The number of carboxylic acid groups (broad SMARTS) is 1. The number of aromatic amines is 1. The third-order valence-electron chi connectivity index (χ3n) is 21.7. The third kappa shape index (κ3) is 35.2. The summed E-state index contributed by atoms with van der Waals surface area (Å²) in [7, 11) is 0. The molecular formula is C107H141BrN10O20S4Sn. The first-order valence-corrected chi connectivity index (χ1v) is 58.9. The van der Waals surface area contributed by atoms with Crippen LogP contribution in [0, 0.1) is 27.7 Å². The summed E-state index contributed by atoms with van der Waals surface area (Å²) in [5.41, 5.74) is 0.898. The minimum atomic E-state index is -2.31. The number of ether oxygens (including phenoxy) is 4. The standard InChI is InChI=1S/C24H25N3O5S.C21H23BrN2O4S.C21H24N2O4S.C13H16N2O4S.C9H12.3C4H9.C3H2NO.C2H4O2.2CH4.Sn/c1-15-18-21(29)27(14-17(28)32-24(2,3)4)23(30)26(12-10-16-8-6-5-7-9-16)22(18)33-19(15)20-25-11-13-31-20;1-13-16-18(26)24(12-15(25)28-21(2,3)4)20(27)23(19(16)29-17(13)22)11-10-14-8-6-5-7-9-14;1-14-13-28-19-17(14)18(25)23(12-16(24)27-21(2,3)4)20(26)22(19)11-10-15-8-6-5-7-9-15;1-7-6-20-10-9(7)11(17)15(12(18)14-10)5-8(16)19-13(2,3)4;1-2-6-9-7-4-3-5-8-9;3*1-3-4-2;1-2-5-3-4-1;1-2(3)4;;;/h5-9,11,13H,10,12,14H2,1-4H3;5-9H,10-12H2,1-4H3;5-9,13H,10-12H2,1-4H3;6H,5H2,1-4H3,(H,14,18);3-5,7-8H,2,6H2,1H3;3*1,3-4H2,2H3;1-2H;1H3,(H,3,4);2*1H4;. The first kappa shape index (κ1) is 120. The first-order valence-electron chi connectivity index (χ1n) is 47.2. The van der Waals surface area contributed by atoms with Crippen LogP contribution in [-0.4, -0.2) is 123 Å². The second-order valence-corrected chi connectivity index (χ2v) is 55.9. The van der Waals surface area contributed by atoms with Crippen molar-refractivity contribution in [2.45, 2.75) is 312 Å². The smallest absolute Gasteiger partial charge is 0.332 e. The van der Waals surface area contributed by atoms with Crippen molar-refractivity contribution in [2.24, 2.45) is 0 Å². The van der Waals surface area contributed by atoms with E-state index in [2.05, 4.69) is 88.9 Å². The molecule has 10 aromatic heterocycles. The van der Waals surface area contributed by atoms with E-state index in [0.29, 0.717) is 96.1 Å². The van der Waals surface area contributed by atoms with E-state index in [-0.39, 0.29) is 14.9 Å². The van der Waals surface area contributed by atoms with Crippen molar-refractivity contribution in [3.8, 4) is 10.8 Å². The van der Waals surface area contributed by atoms with Gasteiger partial charge in [-0.1, -0.05) is 150 Å². The molecule has 4 aromatic carbocycles. The fraction of sp³-hybridized carbons (Fsp3) is 0.449. The Kier molecular flexibility index (Phi) is 46.7. The van der Waals surface area contributed by atoms with Crippen molar-refractivity contribution in [3.63, 3.8) is 0 Å². The van der Waals surface area contributed by atoms with Crippen LogP contribution in [0.5, 0.6) is 0 Å². The number of hydrogen-bond acceptors (Lipinski definition) is 25. The zero-order chi connectivity index (χ0) is 104. The molecule has 143 heavy (non-hydrogen) atoms. The zero-order valence-electron chi connectivity index (χ0n) is 84.6. The van der Waals surface area contributed by atoms with E-state index in [1.165, 1.54) is 132 Å². The number of fused-ring (bicyclic) bond motifs is 4. The third-order valence-corrected chi connectivity index (χ3v) is 41.8. The van der Waals surface area contributed by atoms with E-state index in [9.17, 15) is 57.5 Å². The normalized spacial score (nSPS) is 11.3. The number of aromatic nitrogens is 10. The van der Waals surface area contributed by atoms with Gasteiger partial charge in [0.1, 0.15) is 74.2 Å². The molecule has 0 saturated carbocycles. The molecule has 36 heteroatoms. The average Bonchev–Trinajstić information content (AvgIpc) is 1.61. The predicted octanol–water partition coefficient (Wildman–Crippen LogP) is 20.9. The van der Waals surface area contributed by atoms with Crippen LogP contribution >= 0.6 is 61.3 Å². The summed E-state index contributed by atoms with van der Waals surface area (Å²) >= 11 is 6.48. The molecule has 10 heterocycles. The molecule has 774 valence electrons. The van der Waals surface area contributed by atoms with E-state index < -0.39 is 142 Å². The monoisotopic (exact) mass is 2210 g/mol. The topological polar surface area (TPSA) is 381 Å². The second kappa shape index (κ2) is 55.5. The van der Waals surface area contributed by atoms with Gasteiger partial charge in [0.15, 0.2) is 0 Å². The molecule has 14 rings (SSSR count). The molecule has 2 N–H and O–H groups in total. The van der Waals surface area contributed by atoms with Crippen molar-refractivity contribution < 1.29 is 56.9 Å². The number of hydrogen-bond donors (Lipinski definition) is 2. The summed E-state index contributed by atoms with van der Waals surface area (Å²) in [6.45, 7) is 37.8. The van der Waals surface area contributed by atoms with E-state index in [0.717, 1.165) is 62.4 Å². The number of benzene rings is 4. The Hall–Kier alpha value is -11.5. The van der Waals surface area contributed by atoms with Gasteiger partial charge in [0.2, 0.25) is 5.89 Å². The Balaban J connectivity index is 0.000000267. The van der Waals surface area contributed by atoms with Gasteiger partial charge in [-0.25, -0.2) is 42.4 Å². The van der Waals surface area contributed by atoms with Gasteiger partial charge in [0.25, 0.3) is 28.2 Å². The fourth-order valence-electron chi connectivity index (χ4n) is 15.3. The van der Waals surface area contributed by atoms with Gasteiger partial charge in [-0.3, -0.25) is 61.8 Å². The predicted molar refractivity (Wildman–Crippen MR) is 582 cm³/mol. The van der Waals surface area contributed by atoms with Crippen LogP contribution in [-0.2, 0) is 114 Å². The molecule has 0 spiro atoms. The SMILES string of the molecule is C.C.CC(=O)O.CCC[CH2][Sn]([CH2]CCC)([CH2]CCC)[c]1ncco1.CCCc1ccccc1.Cc1c(-c2ncco2)sc2c1c(=O)n(CC(=O)OC(C)(C)C)c(=O)n2CCc1ccccc1.Cc1c(Br)sc2c1c(=O)n(CC(=O)OC(C)(C)C)c(=O)n2CCc1ccccc1.Cc1csc2[nH]c(=O)n(CC(=O)OC(C)(C)C)c(=O)c12.Cc1csc2c1c(=O)n(CC(=O)OC(C)(C)C)c(=O)n2CCc1ccccc1. The summed E-state index contributed by atoms with van der Waals surface area (Å²) in [6.07, 6.45) is 19.0. The number of H-pyrrole nitrogens is 1. The van der Waals surface area contributed by atoms with Crippen LogP contribution in [0.25, 0.3) is 51.6 Å². The maximum Gasteiger partial charge on any atom is 0.332 e. The quantitative estimate of drug-likeness (QED) is 0.0240. The molecule has 0 unspecified atom stereocenters. The van der Waals surface area contributed by atoms with Crippen LogP contribution in [0.1, 0.15) is 222 Å². The van der Waals surface area contributed by atoms with E-state index >= 15 is 0 Å². The van der Waals surface area contributed by atoms with Gasteiger partial charge in [0, 0.05) is 26.6 Å². The molecule has 0 radical (unpaired) electrons. The van der Waals surface area contributed by atoms with E-state index in [1.54, 1.807) is 122 Å². The zero-order valence-corrected chi connectivity index (χ0v) is 92.3. The molecule has 0 fully saturated rings. The largest absolute Gasteiger partial charge is 0.459 e. The van der Waals surface area contributed by atoms with Gasteiger partial charge in [-0.15, -0.1) is 45.3 Å². The van der Waals surface area contributed by atoms with Crippen LogP contribution in [0.2, 0.25) is 13.3 Å². The van der Waals surface area contributed by atoms with Crippen molar-refractivity contribution in [1.82, 2.24) is 46.9 Å². The first-order chi connectivity index (χ1) is 66.5. The van der Waals surface area contributed by atoms with Gasteiger partial charge in [-0.05, 0) is 208 Å². The number of aryl methyl sites for hydroxylation is 11. The maximum atomic E-state index is 13.4. The van der Waals surface area contributed by atoms with Crippen LogP contribution in [0.4, 0.5) is 0 Å². The fourth-order valence-corrected chi connectivity index (χ4v) is 35.0. The van der Waals surface area contributed by atoms with Gasteiger partial charge >= 0.3 is 163 Å². The van der Waals surface area contributed by atoms with Gasteiger partial charge < -0.3 is 28.5 Å². The Morgan fingerprint density at radius 3 is 1.10 bits per heavy atom. The minimum Gasteiger partial charge on any atom is -0.459 e. The van der Waals surface area contributed by atoms with Crippen molar-refractivity contribution in [1.29, 1.82) is 0 Å². The molecule has 30 nitrogen and oxygen atoms in total. The Bertz CT molecular complexity index is 7010. The Morgan fingerprint density at radius 1 is 0.420 bits per heavy atom. The molecule has 0 atom stereocenters. The summed E-state index contributed by atoms with van der Waals surface area (Å²) in [4.78, 5) is 175. The number of nitrogens with one attached hydrogen (secondary N) is 1. The number of carbonyl (C=O) groups is 5. The summed E-state index contributed by atoms with van der Waals surface area (Å²) in [5.74, 6) is -2.92. The number of carbonyl (C=O) groups excluding carboxylic acids is 4. The number of nitrogens with zero attached hydrogens (tertiary/aromatic N) is 9. The van der Waals surface area contributed by atoms with Crippen LogP contribution < -0.4 is 48.9 Å². The number of esters is 4. The van der Waals surface area contributed by atoms with Crippen molar-refractivity contribution in [2.75, 3.05) is 0 Å².